The van der Waals surface area contributed by atoms with Crippen LogP contribution >= 0.6 is 0 Å². The molecule has 0 aliphatic carbocycles. The monoisotopic (exact) mass is 209 g/mol. The quantitative estimate of drug-likeness (QED) is 0.780. The molecular weight excluding hydrogens is 186 g/mol. The molecular formula is C12H23N3. The van der Waals surface area contributed by atoms with Crippen molar-refractivity contribution < 1.29 is 0 Å². The molecule has 0 radical (unpaired) electrons. The van der Waals surface area contributed by atoms with Crippen LogP contribution in [0.1, 0.15) is 45.7 Å². The molecule has 1 aromatic heterocycles. The Morgan fingerprint density at radius 3 is 2.27 bits per heavy atom. The lowest BCUT2D eigenvalue weighted by Gasteiger charge is -2.32. The van der Waals surface area contributed by atoms with Crippen LogP contribution in [0.2, 0.25) is 0 Å². The third-order valence-electron chi connectivity index (χ3n) is 3.59. The lowest BCUT2D eigenvalue weighted by Crippen LogP contribution is -2.43. The van der Waals surface area contributed by atoms with Gasteiger partial charge in [-0.3, -0.25) is 0 Å². The van der Waals surface area contributed by atoms with Crippen LogP contribution < -0.4 is 5.32 Å². The molecule has 0 spiro atoms. The third kappa shape index (κ3) is 2.81. The fourth-order valence-corrected chi connectivity index (χ4v) is 1.96. The average Bonchev–Trinajstić information content (AvgIpc) is 2.67. The Balaban J connectivity index is 2.58. The molecule has 0 fully saturated rings. The van der Waals surface area contributed by atoms with Gasteiger partial charge in [-0.25, -0.2) is 4.98 Å². The number of nitrogens with zero attached hydrogens (tertiary/aromatic N) is 2. The molecule has 0 aromatic carbocycles. The van der Waals surface area contributed by atoms with Gasteiger partial charge in [0, 0.05) is 25.3 Å². The summed E-state index contributed by atoms with van der Waals surface area (Å²) in [6, 6.07) is 0. The van der Waals surface area contributed by atoms with E-state index in [4.69, 9.17) is 0 Å². The summed E-state index contributed by atoms with van der Waals surface area (Å²) in [5, 5.41) is 3.66. The molecule has 3 nitrogen and oxygen atoms in total. The molecule has 0 bridgehead atoms. The van der Waals surface area contributed by atoms with Crippen molar-refractivity contribution in [2.24, 2.45) is 7.05 Å². The predicted molar refractivity (Wildman–Crippen MR) is 63.7 cm³/mol. The van der Waals surface area contributed by atoms with Crippen molar-refractivity contribution in [2.45, 2.75) is 52.1 Å². The zero-order chi connectivity index (χ0) is 11.3. The first-order valence-corrected chi connectivity index (χ1v) is 5.87. The number of hydrogen-bond acceptors (Lipinski definition) is 2. The molecule has 15 heavy (non-hydrogen) atoms. The number of hydrogen-bond donors (Lipinski definition) is 1. The van der Waals surface area contributed by atoms with E-state index < -0.39 is 0 Å². The van der Waals surface area contributed by atoms with E-state index in [1.165, 1.54) is 25.0 Å². The Kier molecular flexibility index (Phi) is 4.33. The number of nitrogens with one attached hydrogen (secondary N) is 1. The largest absolute Gasteiger partial charge is 0.337 e. The smallest absolute Gasteiger partial charge is 0.0945 e. The Labute approximate surface area is 92.9 Å². The van der Waals surface area contributed by atoms with Gasteiger partial charge in [0.2, 0.25) is 0 Å². The number of rotatable bonds is 6. The van der Waals surface area contributed by atoms with Gasteiger partial charge in [0.15, 0.2) is 0 Å². The molecule has 1 heterocycles. The van der Waals surface area contributed by atoms with Gasteiger partial charge < -0.3 is 9.88 Å². The van der Waals surface area contributed by atoms with Crippen molar-refractivity contribution in [3.05, 3.63) is 18.2 Å². The van der Waals surface area contributed by atoms with E-state index in [2.05, 4.69) is 35.6 Å². The van der Waals surface area contributed by atoms with E-state index in [0.717, 1.165) is 6.54 Å². The molecule has 0 amide bonds. The van der Waals surface area contributed by atoms with Gasteiger partial charge in [-0.15, -0.1) is 0 Å². The van der Waals surface area contributed by atoms with Crippen molar-refractivity contribution in [2.75, 3.05) is 0 Å². The van der Waals surface area contributed by atoms with E-state index >= 15 is 0 Å². The predicted octanol–water partition coefficient (Wildman–Crippen LogP) is 2.48. The molecule has 0 saturated heterocycles. The SMILES string of the molecule is CCC(CC)(CC)NCc1cncn1C. The lowest BCUT2D eigenvalue weighted by molar-refractivity contribution is 0.285. The minimum atomic E-state index is 0.296. The average molecular weight is 209 g/mol. The highest BCUT2D eigenvalue weighted by molar-refractivity contribution is 4.98. The maximum atomic E-state index is 4.12. The van der Waals surface area contributed by atoms with Crippen LogP contribution in [0.15, 0.2) is 12.5 Å². The van der Waals surface area contributed by atoms with Crippen molar-refractivity contribution in [3.8, 4) is 0 Å². The van der Waals surface area contributed by atoms with Gasteiger partial charge in [-0.2, -0.15) is 0 Å². The van der Waals surface area contributed by atoms with Crippen LogP contribution in [-0.4, -0.2) is 15.1 Å². The van der Waals surface area contributed by atoms with E-state index in [1.54, 1.807) is 0 Å². The summed E-state index contributed by atoms with van der Waals surface area (Å²) in [7, 11) is 2.04. The van der Waals surface area contributed by atoms with Gasteiger partial charge in [-0.05, 0) is 19.3 Å². The Hall–Kier alpha value is -0.830. The molecule has 0 saturated carbocycles. The van der Waals surface area contributed by atoms with Crippen LogP contribution in [0, 0.1) is 0 Å². The summed E-state index contributed by atoms with van der Waals surface area (Å²) in [5.41, 5.74) is 1.54. The minimum absolute atomic E-state index is 0.296. The maximum Gasteiger partial charge on any atom is 0.0945 e. The van der Waals surface area contributed by atoms with Gasteiger partial charge in [0.1, 0.15) is 0 Å². The van der Waals surface area contributed by atoms with Crippen LogP contribution in [0.3, 0.4) is 0 Å². The van der Waals surface area contributed by atoms with Crippen molar-refractivity contribution in [1.29, 1.82) is 0 Å². The van der Waals surface area contributed by atoms with E-state index in [0.29, 0.717) is 5.54 Å². The molecule has 1 rings (SSSR count). The Morgan fingerprint density at radius 2 is 1.87 bits per heavy atom. The second kappa shape index (κ2) is 5.31. The van der Waals surface area contributed by atoms with Gasteiger partial charge in [0.25, 0.3) is 0 Å². The van der Waals surface area contributed by atoms with E-state index in [-0.39, 0.29) is 0 Å². The summed E-state index contributed by atoms with van der Waals surface area (Å²) in [5.74, 6) is 0. The molecule has 0 unspecified atom stereocenters. The number of aryl methyl sites for hydroxylation is 1. The summed E-state index contributed by atoms with van der Waals surface area (Å²) >= 11 is 0. The topological polar surface area (TPSA) is 29.9 Å². The number of imidazole rings is 1. The van der Waals surface area contributed by atoms with Crippen LogP contribution in [0.4, 0.5) is 0 Å². The number of aromatic nitrogens is 2. The molecule has 3 heteroatoms. The zero-order valence-electron chi connectivity index (χ0n) is 10.4. The van der Waals surface area contributed by atoms with E-state index in [9.17, 15) is 0 Å². The highest BCUT2D eigenvalue weighted by atomic mass is 15.1. The Bertz CT molecular complexity index is 279. The molecule has 1 N–H and O–H groups in total. The van der Waals surface area contributed by atoms with Crippen molar-refractivity contribution >= 4 is 0 Å². The highest BCUT2D eigenvalue weighted by Crippen LogP contribution is 2.19. The summed E-state index contributed by atoms with van der Waals surface area (Å²) in [6.07, 6.45) is 7.31. The summed E-state index contributed by atoms with van der Waals surface area (Å²) in [6.45, 7) is 7.67. The first-order chi connectivity index (χ1) is 7.17. The standard InChI is InChI=1S/C12H23N3/c1-5-12(6-2,7-3)14-9-11-8-13-10-15(11)4/h8,10,14H,5-7,9H2,1-4H3. The first kappa shape index (κ1) is 12.2. The van der Waals surface area contributed by atoms with Gasteiger partial charge >= 0.3 is 0 Å². The van der Waals surface area contributed by atoms with E-state index in [1.807, 2.05) is 19.6 Å². The van der Waals surface area contributed by atoms with Gasteiger partial charge in [0.05, 0.1) is 12.0 Å². The fourth-order valence-electron chi connectivity index (χ4n) is 1.96. The zero-order valence-corrected chi connectivity index (χ0v) is 10.4. The molecule has 0 aliphatic heterocycles. The molecule has 86 valence electrons. The van der Waals surface area contributed by atoms with Crippen molar-refractivity contribution in [1.82, 2.24) is 14.9 Å². The lowest BCUT2D eigenvalue weighted by atomic mass is 9.90. The maximum absolute atomic E-state index is 4.12. The van der Waals surface area contributed by atoms with Gasteiger partial charge in [-0.1, -0.05) is 20.8 Å². The van der Waals surface area contributed by atoms with Crippen LogP contribution in [-0.2, 0) is 13.6 Å². The molecule has 1 aromatic rings. The fraction of sp³-hybridized carbons (Fsp3) is 0.750. The first-order valence-electron chi connectivity index (χ1n) is 5.87. The highest BCUT2D eigenvalue weighted by Gasteiger charge is 2.22. The minimum Gasteiger partial charge on any atom is -0.337 e. The summed E-state index contributed by atoms with van der Waals surface area (Å²) in [4.78, 5) is 4.12. The van der Waals surface area contributed by atoms with Crippen molar-refractivity contribution in [3.63, 3.8) is 0 Å². The normalized spacial score (nSPS) is 12.0. The van der Waals surface area contributed by atoms with Crippen LogP contribution in [0.25, 0.3) is 0 Å². The van der Waals surface area contributed by atoms with Crippen LogP contribution in [0.5, 0.6) is 0 Å². The second-order valence-corrected chi connectivity index (χ2v) is 4.19. The molecule has 0 atom stereocenters. The molecule has 0 aliphatic rings. The Morgan fingerprint density at radius 1 is 1.27 bits per heavy atom. The third-order valence-corrected chi connectivity index (χ3v) is 3.59. The summed E-state index contributed by atoms with van der Waals surface area (Å²) < 4.78 is 2.07. The second-order valence-electron chi connectivity index (χ2n) is 4.19.